The number of carbonyl (C=O) groups is 1. The zero-order valence-electron chi connectivity index (χ0n) is 10.1. The molecule has 94 valence electrons. The van der Waals surface area contributed by atoms with Crippen LogP contribution in [0, 0.1) is 6.92 Å². The summed E-state index contributed by atoms with van der Waals surface area (Å²) >= 11 is 1.32. The highest BCUT2D eigenvalue weighted by atomic mass is 32.1. The van der Waals surface area contributed by atoms with Crippen LogP contribution in [0.15, 0.2) is 18.9 Å². The molecule has 2 aromatic rings. The van der Waals surface area contributed by atoms with E-state index in [1.54, 1.807) is 17.9 Å². The van der Waals surface area contributed by atoms with E-state index in [4.69, 9.17) is 0 Å². The Morgan fingerprint density at radius 3 is 2.94 bits per heavy atom. The van der Waals surface area contributed by atoms with Crippen molar-refractivity contribution in [1.29, 1.82) is 0 Å². The summed E-state index contributed by atoms with van der Waals surface area (Å²) in [6.07, 6.45) is 3.04. The number of aliphatic hydroxyl groups excluding tert-OH is 1. The van der Waals surface area contributed by atoms with E-state index in [-0.39, 0.29) is 0 Å². The van der Waals surface area contributed by atoms with E-state index in [1.165, 1.54) is 17.4 Å². The Kier molecular flexibility index (Phi) is 3.40. The number of carbonyl (C=O) groups excluding carboxylic acids is 1. The number of aromatic nitrogens is 3. The van der Waals surface area contributed by atoms with Gasteiger partial charge in [0.05, 0.1) is 15.6 Å². The van der Waals surface area contributed by atoms with Gasteiger partial charge in [0.15, 0.2) is 6.29 Å². The summed E-state index contributed by atoms with van der Waals surface area (Å²) in [5.74, 6) is 0. The van der Waals surface area contributed by atoms with Crippen LogP contribution in [0.3, 0.4) is 0 Å². The molecule has 0 aromatic carbocycles. The first kappa shape index (κ1) is 12.7. The fourth-order valence-corrected chi connectivity index (χ4v) is 2.49. The molecule has 1 N–H and O–H groups in total. The number of nitrogens with zero attached hydrogens (tertiary/aromatic N) is 3. The smallest absolute Gasteiger partial charge is 0.162 e. The van der Waals surface area contributed by atoms with Crippen molar-refractivity contribution in [2.75, 3.05) is 0 Å². The second kappa shape index (κ2) is 4.83. The summed E-state index contributed by atoms with van der Waals surface area (Å²) in [4.78, 5) is 15.9. The van der Waals surface area contributed by atoms with Crippen molar-refractivity contribution in [3.05, 3.63) is 34.4 Å². The minimum atomic E-state index is -0.872. The lowest BCUT2D eigenvalue weighted by molar-refractivity contribution is 0.112. The lowest BCUT2D eigenvalue weighted by atomic mass is 10.1. The minimum absolute atomic E-state index is 0.459. The van der Waals surface area contributed by atoms with Gasteiger partial charge in [-0.1, -0.05) is 6.08 Å². The number of aldehydes is 1. The summed E-state index contributed by atoms with van der Waals surface area (Å²) in [7, 11) is 1.75. The van der Waals surface area contributed by atoms with Crippen LogP contribution in [0.1, 0.15) is 26.5 Å². The van der Waals surface area contributed by atoms with Crippen LogP contribution in [0.2, 0.25) is 0 Å². The number of hydrogen-bond acceptors (Lipinski definition) is 5. The van der Waals surface area contributed by atoms with Gasteiger partial charge in [-0.05, 0) is 6.92 Å². The highest BCUT2D eigenvalue weighted by Crippen LogP contribution is 2.31. The topological polar surface area (TPSA) is 68.0 Å². The third-order valence-corrected chi connectivity index (χ3v) is 3.38. The Morgan fingerprint density at radius 2 is 2.33 bits per heavy atom. The Balaban J connectivity index is 2.62. The fraction of sp³-hybridized carbons (Fsp3) is 0.250. The molecular weight excluding hydrogens is 250 g/mol. The van der Waals surface area contributed by atoms with Crippen molar-refractivity contribution in [2.45, 2.75) is 13.0 Å². The van der Waals surface area contributed by atoms with Gasteiger partial charge in [-0.2, -0.15) is 5.10 Å². The van der Waals surface area contributed by atoms with Gasteiger partial charge in [-0.3, -0.25) is 9.48 Å². The molecule has 2 rings (SSSR count). The monoisotopic (exact) mass is 263 g/mol. The SMILES string of the molecule is C=CC(O)c1nn(C)cc1-c1nc(C)sc1C=O. The Labute approximate surface area is 108 Å². The van der Waals surface area contributed by atoms with Gasteiger partial charge in [0, 0.05) is 18.8 Å². The van der Waals surface area contributed by atoms with Crippen molar-refractivity contribution >= 4 is 17.6 Å². The van der Waals surface area contributed by atoms with Crippen LogP contribution in [0.5, 0.6) is 0 Å². The van der Waals surface area contributed by atoms with Gasteiger partial charge >= 0.3 is 0 Å². The molecule has 0 aliphatic rings. The first-order valence-electron chi connectivity index (χ1n) is 5.34. The Hall–Kier alpha value is -1.79. The second-order valence-corrected chi connectivity index (χ2v) is 5.08. The van der Waals surface area contributed by atoms with Gasteiger partial charge in [-0.25, -0.2) is 4.98 Å². The first-order chi connectivity index (χ1) is 8.56. The highest BCUT2D eigenvalue weighted by molar-refractivity contribution is 7.13. The molecule has 5 nitrogen and oxygen atoms in total. The van der Waals surface area contributed by atoms with E-state index in [9.17, 15) is 9.90 Å². The predicted molar refractivity (Wildman–Crippen MR) is 69.6 cm³/mol. The van der Waals surface area contributed by atoms with E-state index >= 15 is 0 Å². The summed E-state index contributed by atoms with van der Waals surface area (Å²) in [5, 5.41) is 14.8. The molecule has 6 heteroatoms. The average molecular weight is 263 g/mol. The lowest BCUT2D eigenvalue weighted by Gasteiger charge is -2.03. The maximum atomic E-state index is 11.0. The molecule has 0 spiro atoms. The quantitative estimate of drug-likeness (QED) is 0.675. The zero-order valence-corrected chi connectivity index (χ0v) is 10.9. The maximum absolute atomic E-state index is 11.0. The zero-order chi connectivity index (χ0) is 13.3. The fourth-order valence-electron chi connectivity index (χ4n) is 1.73. The summed E-state index contributed by atoms with van der Waals surface area (Å²) in [5.41, 5.74) is 1.69. The summed E-state index contributed by atoms with van der Waals surface area (Å²) in [6.45, 7) is 5.38. The molecule has 0 bridgehead atoms. The Morgan fingerprint density at radius 1 is 1.61 bits per heavy atom. The molecule has 0 aliphatic carbocycles. The van der Waals surface area contributed by atoms with Crippen molar-refractivity contribution in [3.8, 4) is 11.3 Å². The number of hydrogen-bond donors (Lipinski definition) is 1. The largest absolute Gasteiger partial charge is 0.383 e. The van der Waals surface area contributed by atoms with Gasteiger partial charge in [-0.15, -0.1) is 17.9 Å². The number of aliphatic hydroxyl groups is 1. The molecule has 2 heterocycles. The number of thiazole rings is 1. The standard InChI is InChI=1S/C12H13N3O2S/c1-4-9(17)11-8(5-15(3)14-11)12-10(6-16)18-7(2)13-12/h4-6,9,17H,1H2,2-3H3. The molecule has 2 aromatic heterocycles. The van der Waals surface area contributed by atoms with Crippen molar-refractivity contribution in [3.63, 3.8) is 0 Å². The van der Waals surface area contributed by atoms with Gasteiger partial charge in [0.2, 0.25) is 0 Å². The van der Waals surface area contributed by atoms with Crippen molar-refractivity contribution in [2.24, 2.45) is 7.05 Å². The summed E-state index contributed by atoms with van der Waals surface area (Å²) < 4.78 is 1.58. The molecule has 1 atom stereocenters. The van der Waals surface area contributed by atoms with Crippen LogP contribution in [0.25, 0.3) is 11.3 Å². The number of rotatable bonds is 4. The van der Waals surface area contributed by atoms with Crippen LogP contribution < -0.4 is 0 Å². The molecule has 0 amide bonds. The van der Waals surface area contributed by atoms with Gasteiger partial charge in [0.1, 0.15) is 11.8 Å². The molecule has 1 unspecified atom stereocenters. The maximum Gasteiger partial charge on any atom is 0.162 e. The van der Waals surface area contributed by atoms with Crippen LogP contribution in [-0.4, -0.2) is 26.2 Å². The van der Waals surface area contributed by atoms with Crippen molar-refractivity contribution in [1.82, 2.24) is 14.8 Å². The molecule has 0 radical (unpaired) electrons. The van der Waals surface area contributed by atoms with Crippen LogP contribution in [0.4, 0.5) is 0 Å². The molecular formula is C12H13N3O2S. The molecule has 0 saturated carbocycles. The van der Waals surface area contributed by atoms with E-state index in [0.717, 1.165) is 11.3 Å². The minimum Gasteiger partial charge on any atom is -0.383 e. The van der Waals surface area contributed by atoms with Gasteiger partial charge in [0.25, 0.3) is 0 Å². The number of aryl methyl sites for hydroxylation is 2. The highest BCUT2D eigenvalue weighted by Gasteiger charge is 2.20. The summed E-state index contributed by atoms with van der Waals surface area (Å²) in [6, 6.07) is 0. The van der Waals surface area contributed by atoms with Crippen LogP contribution in [-0.2, 0) is 7.05 Å². The molecule has 18 heavy (non-hydrogen) atoms. The van der Waals surface area contributed by atoms with E-state index in [2.05, 4.69) is 16.7 Å². The molecule has 0 saturated heterocycles. The van der Waals surface area contributed by atoms with E-state index in [0.29, 0.717) is 21.8 Å². The third-order valence-electron chi connectivity index (χ3n) is 2.48. The normalized spacial score (nSPS) is 12.4. The molecule has 0 aliphatic heterocycles. The average Bonchev–Trinajstić information content (AvgIpc) is 2.90. The predicted octanol–water partition coefficient (Wildman–Crippen LogP) is 1.88. The third kappa shape index (κ3) is 2.12. The first-order valence-corrected chi connectivity index (χ1v) is 6.15. The van der Waals surface area contributed by atoms with Crippen LogP contribution >= 0.6 is 11.3 Å². The molecule has 0 fully saturated rings. The van der Waals surface area contributed by atoms with Crippen molar-refractivity contribution < 1.29 is 9.90 Å². The lowest BCUT2D eigenvalue weighted by Crippen LogP contribution is -1.98. The Bertz CT molecular complexity index is 600. The van der Waals surface area contributed by atoms with E-state index < -0.39 is 6.10 Å². The second-order valence-electron chi connectivity index (χ2n) is 3.85. The van der Waals surface area contributed by atoms with Gasteiger partial charge < -0.3 is 5.11 Å². The van der Waals surface area contributed by atoms with E-state index in [1.807, 2.05) is 6.92 Å².